The van der Waals surface area contributed by atoms with Gasteiger partial charge in [-0.2, -0.15) is 5.26 Å². The number of amides is 1. The van der Waals surface area contributed by atoms with Gasteiger partial charge in [0.15, 0.2) is 0 Å². The van der Waals surface area contributed by atoms with E-state index in [2.05, 4.69) is 22.5 Å². The number of nitrogens with one attached hydrogen (secondary N) is 2. The lowest BCUT2D eigenvalue weighted by molar-refractivity contribution is -0.122. The van der Waals surface area contributed by atoms with Gasteiger partial charge in [-0.05, 0) is 32.4 Å². The van der Waals surface area contributed by atoms with Crippen molar-refractivity contribution in [2.24, 2.45) is 0 Å². The monoisotopic (exact) mass is 252 g/mol. The highest BCUT2D eigenvalue weighted by Gasteiger charge is 2.21. The Hall–Kier alpha value is -1.12. The number of rotatable bonds is 7. The summed E-state index contributed by atoms with van der Waals surface area (Å²) in [7, 11) is 0. The first kappa shape index (κ1) is 14.9. The fraction of sp³-hybridized carbons (Fsp3) is 0.846. The SMILES string of the molecule is CCCN(CC(=O)NCCC#N)C1CCCNC1. The van der Waals surface area contributed by atoms with Crippen LogP contribution >= 0.6 is 0 Å². The molecule has 18 heavy (non-hydrogen) atoms. The molecule has 1 saturated heterocycles. The summed E-state index contributed by atoms with van der Waals surface area (Å²) >= 11 is 0. The number of hydrogen-bond acceptors (Lipinski definition) is 4. The van der Waals surface area contributed by atoms with E-state index in [1.807, 2.05) is 6.07 Å². The average molecular weight is 252 g/mol. The molecule has 0 spiro atoms. The Labute approximate surface area is 110 Å². The van der Waals surface area contributed by atoms with E-state index in [0.717, 1.165) is 26.1 Å². The van der Waals surface area contributed by atoms with E-state index >= 15 is 0 Å². The average Bonchev–Trinajstić information content (AvgIpc) is 2.39. The molecule has 0 radical (unpaired) electrons. The third-order valence-electron chi connectivity index (χ3n) is 3.20. The highest BCUT2D eigenvalue weighted by Crippen LogP contribution is 2.10. The Balaban J connectivity index is 2.36. The molecular weight excluding hydrogens is 228 g/mol. The summed E-state index contributed by atoms with van der Waals surface area (Å²) in [6, 6.07) is 2.50. The Morgan fingerprint density at radius 3 is 3.06 bits per heavy atom. The molecule has 0 saturated carbocycles. The van der Waals surface area contributed by atoms with E-state index in [9.17, 15) is 4.79 Å². The molecule has 1 aliphatic rings. The molecule has 1 unspecified atom stereocenters. The van der Waals surface area contributed by atoms with E-state index in [4.69, 9.17) is 5.26 Å². The van der Waals surface area contributed by atoms with E-state index < -0.39 is 0 Å². The van der Waals surface area contributed by atoms with Gasteiger partial charge >= 0.3 is 0 Å². The van der Waals surface area contributed by atoms with Crippen LogP contribution in [0.5, 0.6) is 0 Å². The largest absolute Gasteiger partial charge is 0.354 e. The Morgan fingerprint density at radius 1 is 1.61 bits per heavy atom. The molecule has 0 aromatic heterocycles. The van der Waals surface area contributed by atoms with Crippen molar-refractivity contribution in [1.29, 1.82) is 5.26 Å². The second-order valence-electron chi connectivity index (χ2n) is 4.73. The second kappa shape index (κ2) is 8.90. The summed E-state index contributed by atoms with van der Waals surface area (Å²) in [5.41, 5.74) is 0. The van der Waals surface area contributed by atoms with E-state index in [1.165, 1.54) is 12.8 Å². The molecule has 0 bridgehead atoms. The van der Waals surface area contributed by atoms with Crippen molar-refractivity contribution in [3.05, 3.63) is 0 Å². The number of nitriles is 1. The topological polar surface area (TPSA) is 68.2 Å². The molecule has 1 aliphatic heterocycles. The van der Waals surface area contributed by atoms with Crippen LogP contribution in [0.4, 0.5) is 0 Å². The second-order valence-corrected chi connectivity index (χ2v) is 4.73. The van der Waals surface area contributed by atoms with Gasteiger partial charge in [0.05, 0.1) is 19.0 Å². The molecule has 1 amide bonds. The highest BCUT2D eigenvalue weighted by atomic mass is 16.2. The van der Waals surface area contributed by atoms with Crippen molar-refractivity contribution in [2.45, 2.75) is 38.6 Å². The summed E-state index contributed by atoms with van der Waals surface area (Å²) in [5, 5.41) is 14.6. The third-order valence-corrected chi connectivity index (χ3v) is 3.20. The van der Waals surface area contributed by atoms with Gasteiger partial charge in [-0.25, -0.2) is 0 Å². The molecule has 1 heterocycles. The third kappa shape index (κ3) is 5.48. The lowest BCUT2D eigenvalue weighted by atomic mass is 10.1. The fourth-order valence-corrected chi connectivity index (χ4v) is 2.32. The van der Waals surface area contributed by atoms with E-state index in [0.29, 0.717) is 25.6 Å². The van der Waals surface area contributed by atoms with Crippen molar-refractivity contribution >= 4 is 5.91 Å². The Kier molecular flexibility index (Phi) is 7.38. The van der Waals surface area contributed by atoms with Gasteiger partial charge in [0.2, 0.25) is 5.91 Å². The van der Waals surface area contributed by atoms with Crippen molar-refractivity contribution in [2.75, 3.05) is 32.7 Å². The number of carbonyl (C=O) groups excluding carboxylic acids is 1. The van der Waals surface area contributed by atoms with E-state index in [-0.39, 0.29) is 5.91 Å². The fourth-order valence-electron chi connectivity index (χ4n) is 2.32. The molecule has 0 aliphatic carbocycles. The molecule has 0 aromatic rings. The van der Waals surface area contributed by atoms with Gasteiger partial charge in [-0.1, -0.05) is 6.92 Å². The van der Waals surface area contributed by atoms with Gasteiger partial charge in [0.25, 0.3) is 0 Å². The van der Waals surface area contributed by atoms with Crippen molar-refractivity contribution < 1.29 is 4.79 Å². The summed E-state index contributed by atoms with van der Waals surface area (Å²) in [6.07, 6.45) is 3.78. The van der Waals surface area contributed by atoms with Crippen LogP contribution in [-0.4, -0.2) is 49.6 Å². The molecule has 102 valence electrons. The van der Waals surface area contributed by atoms with Crippen LogP contribution in [0.15, 0.2) is 0 Å². The molecule has 1 atom stereocenters. The standard InChI is InChI=1S/C13H24N4O/c1-2-9-17(12-5-3-7-15-10-12)11-13(18)16-8-4-6-14/h12,15H,2-5,7-11H2,1H3,(H,16,18). The lowest BCUT2D eigenvalue weighted by Crippen LogP contribution is -2.49. The van der Waals surface area contributed by atoms with Crippen LogP contribution in [0.2, 0.25) is 0 Å². The quantitative estimate of drug-likeness (QED) is 0.647. The smallest absolute Gasteiger partial charge is 0.234 e. The van der Waals surface area contributed by atoms with Gasteiger partial charge in [0.1, 0.15) is 0 Å². The Bertz CT molecular complexity index is 281. The van der Waals surface area contributed by atoms with Gasteiger partial charge in [-0.3, -0.25) is 9.69 Å². The first-order chi connectivity index (χ1) is 8.77. The summed E-state index contributed by atoms with van der Waals surface area (Å²) in [6.45, 7) is 6.06. The van der Waals surface area contributed by atoms with Crippen molar-refractivity contribution in [1.82, 2.24) is 15.5 Å². The minimum Gasteiger partial charge on any atom is -0.354 e. The zero-order valence-electron chi connectivity index (χ0n) is 11.2. The maximum Gasteiger partial charge on any atom is 0.234 e. The molecule has 1 rings (SSSR count). The maximum atomic E-state index is 11.8. The first-order valence-electron chi connectivity index (χ1n) is 6.86. The molecule has 1 fully saturated rings. The predicted octanol–water partition coefficient (Wildman–Crippen LogP) is 0.480. The maximum absolute atomic E-state index is 11.8. The normalized spacial score (nSPS) is 19.5. The first-order valence-corrected chi connectivity index (χ1v) is 6.86. The van der Waals surface area contributed by atoms with Crippen LogP contribution in [0.3, 0.4) is 0 Å². The van der Waals surface area contributed by atoms with Crippen LogP contribution < -0.4 is 10.6 Å². The van der Waals surface area contributed by atoms with Crippen molar-refractivity contribution in [3.63, 3.8) is 0 Å². The minimum absolute atomic E-state index is 0.0317. The van der Waals surface area contributed by atoms with Crippen LogP contribution in [0, 0.1) is 11.3 Å². The van der Waals surface area contributed by atoms with E-state index in [1.54, 1.807) is 0 Å². The van der Waals surface area contributed by atoms with Crippen LogP contribution in [-0.2, 0) is 4.79 Å². The predicted molar refractivity (Wildman–Crippen MR) is 71.0 cm³/mol. The minimum atomic E-state index is 0.0317. The van der Waals surface area contributed by atoms with Gasteiger partial charge in [0, 0.05) is 19.1 Å². The van der Waals surface area contributed by atoms with Crippen LogP contribution in [0.1, 0.15) is 32.6 Å². The van der Waals surface area contributed by atoms with Crippen molar-refractivity contribution in [3.8, 4) is 6.07 Å². The van der Waals surface area contributed by atoms with Gasteiger partial charge < -0.3 is 10.6 Å². The molecule has 5 nitrogen and oxygen atoms in total. The molecule has 0 aromatic carbocycles. The molecule has 5 heteroatoms. The number of carbonyl (C=O) groups is 1. The summed E-state index contributed by atoms with van der Waals surface area (Å²) in [4.78, 5) is 14.0. The lowest BCUT2D eigenvalue weighted by Gasteiger charge is -2.34. The Morgan fingerprint density at radius 2 is 2.44 bits per heavy atom. The number of piperidine rings is 1. The highest BCUT2D eigenvalue weighted by molar-refractivity contribution is 5.78. The number of nitrogens with zero attached hydrogens (tertiary/aromatic N) is 2. The zero-order chi connectivity index (χ0) is 13.2. The zero-order valence-corrected chi connectivity index (χ0v) is 11.2. The summed E-state index contributed by atoms with van der Waals surface area (Å²) < 4.78 is 0. The van der Waals surface area contributed by atoms with Gasteiger partial charge in [-0.15, -0.1) is 0 Å². The van der Waals surface area contributed by atoms with Crippen LogP contribution in [0.25, 0.3) is 0 Å². The molecular formula is C13H24N4O. The molecule has 2 N–H and O–H groups in total. The summed E-state index contributed by atoms with van der Waals surface area (Å²) in [5.74, 6) is 0.0317. The number of hydrogen-bond donors (Lipinski definition) is 2.